The molecule has 1 aromatic rings. The molecule has 0 aliphatic rings. The SMILES string of the molecule is CCCC[C@H](CC)CNC(=O)CN(c1ccccc1OC)S(C)(=O)=O. The predicted molar refractivity (Wildman–Crippen MR) is 101 cm³/mol. The third-order valence-corrected chi connectivity index (χ3v) is 5.30. The predicted octanol–water partition coefficient (Wildman–Crippen LogP) is 2.79. The Morgan fingerprint density at radius 2 is 1.96 bits per heavy atom. The topological polar surface area (TPSA) is 75.7 Å². The molecule has 25 heavy (non-hydrogen) atoms. The summed E-state index contributed by atoms with van der Waals surface area (Å²) in [4.78, 5) is 12.3. The minimum Gasteiger partial charge on any atom is -0.495 e. The number of ether oxygens (including phenoxy) is 1. The third kappa shape index (κ3) is 6.94. The Morgan fingerprint density at radius 3 is 2.52 bits per heavy atom. The van der Waals surface area contributed by atoms with Crippen molar-refractivity contribution in [3.8, 4) is 5.75 Å². The molecule has 142 valence electrons. The van der Waals surface area contributed by atoms with E-state index < -0.39 is 10.0 Å². The smallest absolute Gasteiger partial charge is 0.240 e. The lowest BCUT2D eigenvalue weighted by Crippen LogP contribution is -2.41. The Hall–Kier alpha value is -1.76. The number of nitrogens with zero attached hydrogens (tertiary/aromatic N) is 1. The van der Waals surface area contributed by atoms with E-state index in [0.29, 0.717) is 23.9 Å². The maximum atomic E-state index is 12.3. The van der Waals surface area contributed by atoms with Crippen LogP contribution in [0.4, 0.5) is 5.69 Å². The summed E-state index contributed by atoms with van der Waals surface area (Å²) < 4.78 is 30.6. The molecule has 1 rings (SSSR count). The van der Waals surface area contributed by atoms with Crippen molar-refractivity contribution in [2.24, 2.45) is 5.92 Å². The van der Waals surface area contributed by atoms with Crippen LogP contribution in [0.3, 0.4) is 0 Å². The molecule has 0 bridgehead atoms. The molecular weight excluding hydrogens is 340 g/mol. The van der Waals surface area contributed by atoms with E-state index in [4.69, 9.17) is 4.74 Å². The summed E-state index contributed by atoms with van der Waals surface area (Å²) in [5, 5.41) is 2.87. The van der Waals surface area contributed by atoms with E-state index in [2.05, 4.69) is 19.2 Å². The van der Waals surface area contributed by atoms with Crippen molar-refractivity contribution in [3.05, 3.63) is 24.3 Å². The van der Waals surface area contributed by atoms with Crippen LogP contribution in [0, 0.1) is 5.92 Å². The Bertz CT molecular complexity index is 646. The van der Waals surface area contributed by atoms with E-state index in [1.807, 2.05) is 0 Å². The van der Waals surface area contributed by atoms with Crippen molar-refractivity contribution in [2.75, 3.05) is 30.8 Å². The first-order valence-corrected chi connectivity index (χ1v) is 10.6. The van der Waals surface area contributed by atoms with Gasteiger partial charge in [-0.05, 0) is 24.5 Å². The number of benzene rings is 1. The first-order valence-electron chi connectivity index (χ1n) is 8.70. The average molecular weight is 371 g/mol. The van der Waals surface area contributed by atoms with Gasteiger partial charge in [-0.3, -0.25) is 9.10 Å². The Kier molecular flexibility index (Phi) is 8.75. The van der Waals surface area contributed by atoms with Gasteiger partial charge in [-0.25, -0.2) is 8.42 Å². The number of nitrogens with one attached hydrogen (secondary N) is 1. The number of hydrogen-bond acceptors (Lipinski definition) is 4. The second-order valence-corrected chi connectivity index (χ2v) is 8.07. The van der Waals surface area contributed by atoms with Crippen LogP contribution in [-0.4, -0.2) is 40.8 Å². The lowest BCUT2D eigenvalue weighted by molar-refractivity contribution is -0.119. The van der Waals surface area contributed by atoms with Crippen molar-refractivity contribution in [1.82, 2.24) is 5.32 Å². The van der Waals surface area contributed by atoms with Gasteiger partial charge >= 0.3 is 0 Å². The second kappa shape index (κ2) is 10.3. The van der Waals surface area contributed by atoms with Crippen molar-refractivity contribution in [3.63, 3.8) is 0 Å². The lowest BCUT2D eigenvalue weighted by atomic mass is 9.99. The molecule has 0 aliphatic carbocycles. The summed E-state index contributed by atoms with van der Waals surface area (Å²) >= 11 is 0. The number of unbranched alkanes of at least 4 members (excludes halogenated alkanes) is 1. The number of hydrogen-bond donors (Lipinski definition) is 1. The number of para-hydroxylation sites is 2. The molecule has 0 saturated carbocycles. The first-order chi connectivity index (χ1) is 11.8. The minimum absolute atomic E-state index is 0.260. The van der Waals surface area contributed by atoms with Crippen LogP contribution in [0.5, 0.6) is 5.75 Å². The molecular formula is C18H30N2O4S. The van der Waals surface area contributed by atoms with Crippen LogP contribution in [0.15, 0.2) is 24.3 Å². The Morgan fingerprint density at radius 1 is 1.28 bits per heavy atom. The van der Waals surface area contributed by atoms with Crippen LogP contribution in [0.2, 0.25) is 0 Å². The van der Waals surface area contributed by atoms with Gasteiger partial charge in [-0.1, -0.05) is 45.2 Å². The van der Waals surface area contributed by atoms with Gasteiger partial charge in [-0.15, -0.1) is 0 Å². The normalized spacial score (nSPS) is 12.5. The number of anilines is 1. The standard InChI is InChI=1S/C18H30N2O4S/c1-5-7-10-15(6-2)13-19-18(21)14-20(25(4,22)23)16-11-8-9-12-17(16)24-3/h8-9,11-12,15H,5-7,10,13-14H2,1-4H3,(H,19,21)/t15-/m0/s1. The van der Waals surface area contributed by atoms with Crippen LogP contribution < -0.4 is 14.4 Å². The maximum Gasteiger partial charge on any atom is 0.240 e. The number of amides is 1. The molecule has 1 N–H and O–H groups in total. The van der Waals surface area contributed by atoms with Gasteiger partial charge in [0, 0.05) is 6.54 Å². The Balaban J connectivity index is 2.81. The highest BCUT2D eigenvalue weighted by Gasteiger charge is 2.23. The van der Waals surface area contributed by atoms with Crippen molar-refractivity contribution >= 4 is 21.6 Å². The van der Waals surface area contributed by atoms with Gasteiger partial charge in [0.1, 0.15) is 12.3 Å². The molecule has 0 aliphatic heterocycles. The quantitative estimate of drug-likeness (QED) is 0.650. The highest BCUT2D eigenvalue weighted by atomic mass is 32.2. The van der Waals surface area contributed by atoms with Crippen molar-refractivity contribution in [1.29, 1.82) is 0 Å². The van der Waals surface area contributed by atoms with Gasteiger partial charge < -0.3 is 10.1 Å². The summed E-state index contributed by atoms with van der Waals surface area (Å²) in [6.45, 7) is 4.55. The first kappa shape index (κ1) is 21.3. The van der Waals surface area contributed by atoms with Gasteiger partial charge in [0.15, 0.2) is 0 Å². The Labute approximate surface area is 151 Å². The highest BCUT2D eigenvalue weighted by molar-refractivity contribution is 7.92. The summed E-state index contributed by atoms with van der Waals surface area (Å²) in [6, 6.07) is 6.76. The van der Waals surface area contributed by atoms with E-state index in [-0.39, 0.29) is 12.5 Å². The zero-order valence-corrected chi connectivity index (χ0v) is 16.4. The largest absolute Gasteiger partial charge is 0.495 e. The molecule has 6 nitrogen and oxygen atoms in total. The fraction of sp³-hybridized carbons (Fsp3) is 0.611. The molecule has 0 spiro atoms. The maximum absolute atomic E-state index is 12.3. The van der Waals surface area contributed by atoms with E-state index >= 15 is 0 Å². The molecule has 7 heteroatoms. The van der Waals surface area contributed by atoms with E-state index in [0.717, 1.165) is 36.2 Å². The van der Waals surface area contributed by atoms with Gasteiger partial charge in [-0.2, -0.15) is 0 Å². The van der Waals surface area contributed by atoms with Crippen molar-refractivity contribution in [2.45, 2.75) is 39.5 Å². The highest BCUT2D eigenvalue weighted by Crippen LogP contribution is 2.29. The zero-order valence-electron chi connectivity index (χ0n) is 15.6. The number of methoxy groups -OCH3 is 1. The molecule has 1 amide bonds. The minimum atomic E-state index is -3.61. The summed E-state index contributed by atoms with van der Waals surface area (Å²) in [5.41, 5.74) is 0.362. The fourth-order valence-electron chi connectivity index (χ4n) is 2.60. The number of sulfonamides is 1. The molecule has 0 heterocycles. The fourth-order valence-corrected chi connectivity index (χ4v) is 3.46. The number of carbonyl (C=O) groups is 1. The van der Waals surface area contributed by atoms with Gasteiger partial charge in [0.2, 0.25) is 15.9 Å². The molecule has 0 unspecified atom stereocenters. The zero-order chi connectivity index (χ0) is 18.9. The molecule has 0 fully saturated rings. The third-order valence-electron chi connectivity index (χ3n) is 4.17. The van der Waals surface area contributed by atoms with Gasteiger partial charge in [0.25, 0.3) is 0 Å². The summed E-state index contributed by atoms with van der Waals surface area (Å²) in [5.74, 6) is 0.517. The number of rotatable bonds is 11. The van der Waals surface area contributed by atoms with E-state index in [9.17, 15) is 13.2 Å². The van der Waals surface area contributed by atoms with Crippen LogP contribution >= 0.6 is 0 Å². The molecule has 1 aromatic carbocycles. The van der Waals surface area contributed by atoms with E-state index in [1.54, 1.807) is 24.3 Å². The molecule has 0 radical (unpaired) electrons. The number of carbonyl (C=O) groups excluding carboxylic acids is 1. The monoisotopic (exact) mass is 370 g/mol. The van der Waals surface area contributed by atoms with E-state index in [1.165, 1.54) is 7.11 Å². The van der Waals surface area contributed by atoms with Gasteiger partial charge in [0.05, 0.1) is 19.1 Å². The molecule has 0 aromatic heterocycles. The average Bonchev–Trinajstić information content (AvgIpc) is 2.59. The van der Waals surface area contributed by atoms with Crippen LogP contribution in [-0.2, 0) is 14.8 Å². The van der Waals surface area contributed by atoms with Crippen LogP contribution in [0.25, 0.3) is 0 Å². The summed E-state index contributed by atoms with van der Waals surface area (Å²) in [7, 11) is -2.14. The van der Waals surface area contributed by atoms with Crippen LogP contribution in [0.1, 0.15) is 39.5 Å². The lowest BCUT2D eigenvalue weighted by Gasteiger charge is -2.24. The molecule has 1 atom stereocenters. The second-order valence-electron chi connectivity index (χ2n) is 6.16. The summed E-state index contributed by atoms with van der Waals surface area (Å²) in [6.07, 6.45) is 5.39. The van der Waals surface area contributed by atoms with Crippen molar-refractivity contribution < 1.29 is 17.9 Å². The molecule has 0 saturated heterocycles.